The fraction of sp³-hybridized carbons (Fsp3) is 0.607. The number of hydrogen-bond donors (Lipinski definition) is 1. The Morgan fingerprint density at radius 1 is 1.11 bits per heavy atom. The third-order valence-corrected chi connectivity index (χ3v) is 8.06. The summed E-state index contributed by atoms with van der Waals surface area (Å²) in [6.45, 7) is 9.48. The van der Waals surface area contributed by atoms with E-state index in [9.17, 15) is 18.4 Å². The first-order valence-electron chi connectivity index (χ1n) is 14.8. The molecule has 0 aromatic carbocycles. The first-order valence-corrected chi connectivity index (χ1v) is 14.8. The van der Waals surface area contributed by atoms with Gasteiger partial charge in [-0.2, -0.15) is 15.0 Å². The highest BCUT2D eigenvalue weighted by Gasteiger charge is 2.30. The summed E-state index contributed by atoms with van der Waals surface area (Å²) in [4.78, 5) is 53.9. The Morgan fingerprint density at radius 3 is 2.61 bits per heavy atom. The quantitative estimate of drug-likeness (QED) is 0.404. The van der Waals surface area contributed by atoms with Gasteiger partial charge in [0.05, 0.1) is 37.5 Å². The number of amides is 2. The maximum atomic E-state index is 13.9. The number of anilines is 3. The second-order valence-electron chi connectivity index (χ2n) is 11.0. The lowest BCUT2D eigenvalue weighted by Crippen LogP contribution is -2.51. The lowest BCUT2D eigenvalue weighted by Gasteiger charge is -2.37. The van der Waals surface area contributed by atoms with Gasteiger partial charge >= 0.3 is 0 Å². The van der Waals surface area contributed by atoms with Crippen molar-refractivity contribution < 1.29 is 27.8 Å². The number of ether oxygens (including phenoxy) is 2. The summed E-state index contributed by atoms with van der Waals surface area (Å²) in [5.74, 6) is 0.0958. The van der Waals surface area contributed by atoms with Gasteiger partial charge in [0.15, 0.2) is 5.82 Å². The summed E-state index contributed by atoms with van der Waals surface area (Å²) in [5, 5.41) is 0. The summed E-state index contributed by atoms with van der Waals surface area (Å²) in [6, 6.07) is -0.119. The SMILES string of the molecule is C=CC(=O)N1CCCC[C@H]1COCC(=O)N1CCN(c2nc(-c3cnc(N)nc3C(F)F)nc(N3CCOC[C@@H]3C)n2)CC1. The minimum atomic E-state index is -2.92. The molecule has 2 aromatic rings. The lowest BCUT2D eigenvalue weighted by atomic mass is 10.0. The van der Waals surface area contributed by atoms with Crippen LogP contribution >= 0.6 is 0 Å². The van der Waals surface area contributed by atoms with E-state index in [2.05, 4.69) is 26.5 Å². The van der Waals surface area contributed by atoms with Crippen LogP contribution in [0, 0.1) is 0 Å². The van der Waals surface area contributed by atoms with Crippen molar-refractivity contribution in [2.45, 2.75) is 44.7 Å². The van der Waals surface area contributed by atoms with E-state index in [1.807, 2.05) is 16.7 Å². The Balaban J connectivity index is 1.27. The van der Waals surface area contributed by atoms with Gasteiger partial charge in [0.2, 0.25) is 29.7 Å². The zero-order valence-corrected chi connectivity index (χ0v) is 24.8. The topological polar surface area (TPSA) is 156 Å². The Morgan fingerprint density at radius 2 is 1.89 bits per heavy atom. The Kier molecular flexibility index (Phi) is 10.1. The van der Waals surface area contributed by atoms with Gasteiger partial charge in [-0.3, -0.25) is 9.59 Å². The molecule has 3 fully saturated rings. The molecule has 2 amide bonds. The highest BCUT2D eigenvalue weighted by Crippen LogP contribution is 2.30. The molecule has 0 spiro atoms. The molecule has 5 rings (SSSR count). The zero-order chi connectivity index (χ0) is 31.2. The van der Waals surface area contributed by atoms with Crippen molar-refractivity contribution in [2.24, 2.45) is 0 Å². The van der Waals surface area contributed by atoms with Crippen LogP contribution in [0.25, 0.3) is 11.4 Å². The summed E-state index contributed by atoms with van der Waals surface area (Å²) >= 11 is 0. The van der Waals surface area contributed by atoms with E-state index < -0.39 is 12.1 Å². The third-order valence-electron chi connectivity index (χ3n) is 8.06. The molecule has 2 N–H and O–H groups in total. The second kappa shape index (κ2) is 14.2. The van der Waals surface area contributed by atoms with Gasteiger partial charge in [-0.05, 0) is 32.3 Å². The highest BCUT2D eigenvalue weighted by molar-refractivity contribution is 5.87. The predicted molar refractivity (Wildman–Crippen MR) is 157 cm³/mol. The molecule has 14 nitrogen and oxygen atoms in total. The van der Waals surface area contributed by atoms with E-state index in [4.69, 9.17) is 20.2 Å². The van der Waals surface area contributed by atoms with Crippen LogP contribution in [0.5, 0.6) is 0 Å². The van der Waals surface area contributed by atoms with Crippen LogP contribution in [0.4, 0.5) is 26.6 Å². The van der Waals surface area contributed by atoms with Crippen LogP contribution in [-0.2, 0) is 19.1 Å². The van der Waals surface area contributed by atoms with Gasteiger partial charge in [0.25, 0.3) is 6.43 Å². The molecule has 0 saturated carbocycles. The normalized spacial score (nSPS) is 21.1. The second-order valence-corrected chi connectivity index (χ2v) is 11.0. The first-order chi connectivity index (χ1) is 21.2. The van der Waals surface area contributed by atoms with Crippen LogP contribution in [0.2, 0.25) is 0 Å². The zero-order valence-electron chi connectivity index (χ0n) is 24.8. The van der Waals surface area contributed by atoms with Crippen LogP contribution < -0.4 is 15.5 Å². The summed E-state index contributed by atoms with van der Waals surface area (Å²) in [6.07, 6.45) is 2.37. The molecule has 3 aliphatic heterocycles. The van der Waals surface area contributed by atoms with Crippen molar-refractivity contribution in [1.82, 2.24) is 34.7 Å². The van der Waals surface area contributed by atoms with E-state index in [0.717, 1.165) is 19.3 Å². The summed E-state index contributed by atoms with van der Waals surface area (Å²) in [5.41, 5.74) is 5.00. The largest absolute Gasteiger partial charge is 0.377 e. The molecule has 3 aliphatic rings. The van der Waals surface area contributed by atoms with Crippen LogP contribution in [0.3, 0.4) is 0 Å². The van der Waals surface area contributed by atoms with Gasteiger partial charge in [-0.1, -0.05) is 6.58 Å². The fourth-order valence-electron chi connectivity index (χ4n) is 5.63. The van der Waals surface area contributed by atoms with E-state index in [1.54, 1.807) is 9.80 Å². The molecular formula is C28H38F2N10O4. The number of carbonyl (C=O) groups excluding carboxylic acids is 2. The van der Waals surface area contributed by atoms with Crippen molar-refractivity contribution in [3.8, 4) is 11.4 Å². The molecule has 2 aromatic heterocycles. The van der Waals surface area contributed by atoms with Crippen molar-refractivity contribution in [3.63, 3.8) is 0 Å². The van der Waals surface area contributed by atoms with Gasteiger partial charge in [-0.15, -0.1) is 0 Å². The average Bonchev–Trinajstić information content (AvgIpc) is 3.04. The van der Waals surface area contributed by atoms with Gasteiger partial charge in [0, 0.05) is 45.5 Å². The Labute approximate surface area is 254 Å². The minimum absolute atomic E-state index is 0.0117. The fourth-order valence-corrected chi connectivity index (χ4v) is 5.63. The van der Waals surface area contributed by atoms with Crippen molar-refractivity contribution >= 4 is 29.7 Å². The lowest BCUT2D eigenvalue weighted by molar-refractivity contribution is -0.138. The molecular weight excluding hydrogens is 578 g/mol. The maximum Gasteiger partial charge on any atom is 0.281 e. The number of rotatable bonds is 9. The number of nitrogens with zero attached hydrogens (tertiary/aromatic N) is 9. The molecule has 0 radical (unpaired) electrons. The molecule has 238 valence electrons. The van der Waals surface area contributed by atoms with E-state index in [1.165, 1.54) is 12.3 Å². The Bertz CT molecular complexity index is 1340. The van der Waals surface area contributed by atoms with Crippen LogP contribution in [-0.4, -0.2) is 124 Å². The number of alkyl halides is 2. The van der Waals surface area contributed by atoms with Gasteiger partial charge in [0.1, 0.15) is 12.3 Å². The molecule has 44 heavy (non-hydrogen) atoms. The Hall–Kier alpha value is -4.05. The average molecular weight is 617 g/mol. The number of nitrogens with two attached hydrogens (primary N) is 1. The van der Waals surface area contributed by atoms with E-state index >= 15 is 0 Å². The molecule has 0 unspecified atom stereocenters. The number of likely N-dealkylation sites (tertiary alicyclic amines) is 1. The molecule has 0 bridgehead atoms. The van der Waals surface area contributed by atoms with Crippen LogP contribution in [0.1, 0.15) is 38.3 Å². The smallest absolute Gasteiger partial charge is 0.281 e. The standard InChI is InChI=1S/C28H38F2N10O4/c1-3-21(41)40-7-5-4-6-19(40)16-44-17-22(42)37-8-10-38(11-9-37)27-34-25(20-14-32-26(31)33-23(20)24(29)30)35-28(36-27)39-12-13-43-15-18(39)2/h3,14,18-19,24H,1,4-13,15-17H2,2H3,(H2,31,32,33)/t18-,19-/m0/s1. The van der Waals surface area contributed by atoms with Gasteiger partial charge < -0.3 is 34.8 Å². The number of nitrogen functional groups attached to an aromatic ring is 1. The number of piperazine rings is 1. The summed E-state index contributed by atoms with van der Waals surface area (Å²) < 4.78 is 39.2. The van der Waals surface area contributed by atoms with Crippen molar-refractivity contribution in [3.05, 3.63) is 24.5 Å². The molecule has 5 heterocycles. The van der Waals surface area contributed by atoms with E-state index in [-0.39, 0.29) is 54.4 Å². The molecule has 2 atom stereocenters. The third kappa shape index (κ3) is 7.18. The van der Waals surface area contributed by atoms with Crippen LogP contribution in [0.15, 0.2) is 18.9 Å². The summed E-state index contributed by atoms with van der Waals surface area (Å²) in [7, 11) is 0. The predicted octanol–water partition coefficient (Wildman–Crippen LogP) is 1.31. The van der Waals surface area contributed by atoms with Crippen molar-refractivity contribution in [1.29, 1.82) is 0 Å². The number of piperidine rings is 1. The number of carbonyl (C=O) groups is 2. The number of halogens is 2. The van der Waals surface area contributed by atoms with Gasteiger partial charge in [-0.25, -0.2) is 18.7 Å². The molecule has 0 aliphatic carbocycles. The maximum absolute atomic E-state index is 13.9. The number of morpholine rings is 1. The molecule has 16 heteroatoms. The monoisotopic (exact) mass is 616 g/mol. The number of aromatic nitrogens is 5. The number of hydrogen-bond acceptors (Lipinski definition) is 12. The highest BCUT2D eigenvalue weighted by atomic mass is 19.3. The minimum Gasteiger partial charge on any atom is -0.377 e. The molecule has 3 saturated heterocycles. The first kappa shape index (κ1) is 31.4. The van der Waals surface area contributed by atoms with E-state index in [0.29, 0.717) is 64.4 Å². The van der Waals surface area contributed by atoms with Crippen molar-refractivity contribution in [2.75, 3.05) is 81.2 Å².